The summed E-state index contributed by atoms with van der Waals surface area (Å²) in [4.78, 5) is 0. The van der Waals surface area contributed by atoms with Gasteiger partial charge in [0.2, 0.25) is 5.13 Å². The number of rotatable bonds is 7. The summed E-state index contributed by atoms with van der Waals surface area (Å²) in [7, 11) is 0. The second-order valence-electron chi connectivity index (χ2n) is 7.82. The average molecular weight is 393 g/mol. The van der Waals surface area contributed by atoms with E-state index in [2.05, 4.69) is 61.4 Å². The molecular weight excluding hydrogens is 367 g/mol. The predicted octanol–water partition coefficient (Wildman–Crippen LogP) is 6.89. The van der Waals surface area contributed by atoms with E-state index in [1.165, 1.54) is 28.8 Å². The van der Waals surface area contributed by atoms with Gasteiger partial charge in [0.1, 0.15) is 0 Å². The summed E-state index contributed by atoms with van der Waals surface area (Å²) < 4.78 is 13.7. The Kier molecular flexibility index (Phi) is 6.42. The molecule has 0 aromatic heterocycles. The Balaban J connectivity index is 1.59. The van der Waals surface area contributed by atoms with E-state index in [-0.39, 0.29) is 11.3 Å². The van der Waals surface area contributed by atoms with Crippen LogP contribution in [0.15, 0.2) is 78.9 Å². The van der Waals surface area contributed by atoms with Crippen LogP contribution in [0, 0.1) is 23.7 Å². The highest BCUT2D eigenvalue weighted by Gasteiger charge is 2.33. The molecule has 0 fully saturated rings. The molecule has 0 nitrogen and oxygen atoms in total. The first-order valence-corrected chi connectivity index (χ1v) is 10.1. The van der Waals surface area contributed by atoms with Gasteiger partial charge in [-0.2, -0.15) is 0 Å². The number of allylic oxidation sites excluding steroid dienone is 4. The summed E-state index contributed by atoms with van der Waals surface area (Å²) in [5, 5.41) is -1.88. The van der Waals surface area contributed by atoms with E-state index in [4.69, 9.17) is 18.0 Å². The lowest BCUT2D eigenvalue weighted by molar-refractivity contribution is 0.324. The second-order valence-corrected chi connectivity index (χ2v) is 8.40. The topological polar surface area (TPSA) is 0 Å². The van der Waals surface area contributed by atoms with Crippen molar-refractivity contribution in [2.45, 2.75) is 37.7 Å². The summed E-state index contributed by atoms with van der Waals surface area (Å²) in [6.45, 7) is 2.07. The molecule has 0 aliphatic heterocycles. The van der Waals surface area contributed by atoms with Gasteiger partial charge in [-0.1, -0.05) is 84.3 Å². The van der Waals surface area contributed by atoms with Gasteiger partial charge in [-0.15, -0.1) is 6.42 Å². The molecule has 1 aliphatic carbocycles. The summed E-state index contributed by atoms with van der Waals surface area (Å²) in [5.74, 6) is 2.94. The molecule has 28 heavy (non-hydrogen) atoms. The van der Waals surface area contributed by atoms with E-state index in [1.807, 2.05) is 6.07 Å². The maximum absolute atomic E-state index is 13.7. The molecule has 1 atom stereocenters. The van der Waals surface area contributed by atoms with Crippen molar-refractivity contribution in [3.05, 3.63) is 95.6 Å². The molecule has 0 N–H and O–H groups in total. The Morgan fingerprint density at radius 1 is 1.04 bits per heavy atom. The third-order valence-electron chi connectivity index (χ3n) is 5.52. The fraction of sp³-hybridized carbons (Fsp3) is 0.308. The van der Waals surface area contributed by atoms with Crippen molar-refractivity contribution in [2.24, 2.45) is 11.3 Å². The van der Waals surface area contributed by atoms with Crippen molar-refractivity contribution < 1.29 is 4.39 Å². The first kappa shape index (κ1) is 20.4. The van der Waals surface area contributed by atoms with Crippen LogP contribution < -0.4 is 0 Å². The highest BCUT2D eigenvalue weighted by molar-refractivity contribution is 6.25. The Hall–Kier alpha value is -2.30. The zero-order valence-corrected chi connectivity index (χ0v) is 17.0. The smallest absolute Gasteiger partial charge is 0.217 e. The van der Waals surface area contributed by atoms with Gasteiger partial charge in [0, 0.05) is 11.3 Å². The monoisotopic (exact) mass is 392 g/mol. The number of terminal acetylenes is 1. The third kappa shape index (κ3) is 5.37. The molecule has 1 aliphatic rings. The zero-order chi connectivity index (χ0) is 20.0. The second kappa shape index (κ2) is 8.80. The van der Waals surface area contributed by atoms with Gasteiger partial charge in [-0.3, -0.25) is 0 Å². The molecule has 0 saturated heterocycles. The van der Waals surface area contributed by atoms with Gasteiger partial charge in [-0.05, 0) is 61.4 Å². The molecule has 2 heteroatoms. The van der Waals surface area contributed by atoms with Gasteiger partial charge in [0.15, 0.2) is 0 Å². The fourth-order valence-corrected chi connectivity index (χ4v) is 3.88. The molecule has 1 unspecified atom stereocenters. The van der Waals surface area contributed by atoms with Crippen LogP contribution >= 0.6 is 11.6 Å². The fourth-order valence-electron chi connectivity index (χ4n) is 3.73. The van der Waals surface area contributed by atoms with Crippen molar-refractivity contribution in [1.82, 2.24) is 0 Å². The number of alkyl halides is 2. The molecule has 2 aromatic carbocycles. The molecule has 0 bridgehead atoms. The minimum atomic E-state index is -1.88. The number of halogens is 2. The first-order chi connectivity index (χ1) is 13.4. The molecule has 0 saturated carbocycles. The molecule has 0 radical (unpaired) electrons. The molecule has 3 rings (SSSR count). The third-order valence-corrected chi connectivity index (χ3v) is 5.77. The quantitative estimate of drug-likeness (QED) is 0.273. The summed E-state index contributed by atoms with van der Waals surface area (Å²) >= 11 is 5.70. The summed E-state index contributed by atoms with van der Waals surface area (Å²) in [6, 6.07) is 19.3. The Bertz CT molecular complexity index is 872. The van der Waals surface area contributed by atoms with Crippen molar-refractivity contribution >= 4 is 11.6 Å². The zero-order valence-electron chi connectivity index (χ0n) is 16.2. The molecule has 0 spiro atoms. The Morgan fingerprint density at radius 3 is 2.36 bits per heavy atom. The lowest BCUT2D eigenvalue weighted by Crippen LogP contribution is -2.26. The largest absolute Gasteiger partial charge is 0.220 e. The first-order valence-electron chi connectivity index (χ1n) is 9.76. The van der Waals surface area contributed by atoms with E-state index in [1.54, 1.807) is 12.2 Å². The standard InChI is InChI=1S/C26H26ClF/c1-3-25(2,24-14-17-26(27,28)18-15-24)16-8-13-22-11-7-12-23(20-22)19-21-9-5-4-6-10-21/h1,4-7,9-12,14-15,17-18,20,24H,8,13,16,19H2,2H3. The maximum atomic E-state index is 13.7. The predicted molar refractivity (Wildman–Crippen MR) is 117 cm³/mol. The molecule has 0 heterocycles. The molecular formula is C26H26ClF. The van der Waals surface area contributed by atoms with Gasteiger partial charge >= 0.3 is 0 Å². The number of aryl methyl sites for hydroxylation is 1. The van der Waals surface area contributed by atoms with Gasteiger partial charge in [0.25, 0.3) is 0 Å². The van der Waals surface area contributed by atoms with Crippen molar-refractivity contribution in [1.29, 1.82) is 0 Å². The number of hydrogen-bond acceptors (Lipinski definition) is 0. The van der Waals surface area contributed by atoms with Gasteiger partial charge in [0.05, 0.1) is 0 Å². The maximum Gasteiger partial charge on any atom is 0.220 e. The normalized spacial score (nSPS) is 23.1. The van der Waals surface area contributed by atoms with E-state index in [9.17, 15) is 4.39 Å². The van der Waals surface area contributed by atoms with Crippen LogP contribution in [0.3, 0.4) is 0 Å². The van der Waals surface area contributed by atoms with E-state index in [0.717, 1.165) is 25.7 Å². The van der Waals surface area contributed by atoms with Crippen molar-refractivity contribution in [3.63, 3.8) is 0 Å². The van der Waals surface area contributed by atoms with Crippen LogP contribution in [0.1, 0.15) is 36.5 Å². The lowest BCUT2D eigenvalue weighted by Gasteiger charge is -2.32. The van der Waals surface area contributed by atoms with Crippen LogP contribution in [-0.4, -0.2) is 5.13 Å². The van der Waals surface area contributed by atoms with Crippen LogP contribution in [0.5, 0.6) is 0 Å². The summed E-state index contributed by atoms with van der Waals surface area (Å²) in [6.07, 6.45) is 16.0. The lowest BCUT2D eigenvalue weighted by atomic mass is 9.72. The van der Waals surface area contributed by atoms with Crippen LogP contribution in [0.2, 0.25) is 0 Å². The van der Waals surface area contributed by atoms with E-state index in [0.29, 0.717) is 0 Å². The van der Waals surface area contributed by atoms with E-state index >= 15 is 0 Å². The van der Waals surface area contributed by atoms with Crippen LogP contribution in [0.25, 0.3) is 0 Å². The Morgan fingerprint density at radius 2 is 1.68 bits per heavy atom. The highest BCUT2D eigenvalue weighted by Crippen LogP contribution is 2.39. The van der Waals surface area contributed by atoms with Gasteiger partial charge < -0.3 is 0 Å². The Labute approximate surface area is 173 Å². The van der Waals surface area contributed by atoms with Gasteiger partial charge in [-0.25, -0.2) is 4.39 Å². The van der Waals surface area contributed by atoms with Crippen LogP contribution in [-0.2, 0) is 12.8 Å². The molecule has 0 amide bonds. The molecule has 2 aromatic rings. The van der Waals surface area contributed by atoms with Crippen molar-refractivity contribution in [2.75, 3.05) is 0 Å². The van der Waals surface area contributed by atoms with Crippen LogP contribution in [0.4, 0.5) is 4.39 Å². The minimum Gasteiger partial charge on any atom is -0.217 e. The number of hydrogen-bond donors (Lipinski definition) is 0. The average Bonchev–Trinajstić information content (AvgIpc) is 2.69. The SMILES string of the molecule is C#CC(C)(CCCc1cccc(Cc2ccccc2)c1)C1C=CC(F)(Cl)C=C1. The van der Waals surface area contributed by atoms with Crippen molar-refractivity contribution in [3.8, 4) is 12.3 Å². The highest BCUT2D eigenvalue weighted by atomic mass is 35.5. The molecule has 144 valence electrons. The minimum absolute atomic E-state index is 0.00420. The van der Waals surface area contributed by atoms with E-state index < -0.39 is 5.13 Å². The number of benzene rings is 2. The summed E-state index contributed by atoms with van der Waals surface area (Å²) in [5.41, 5.74) is 3.62.